The first kappa shape index (κ1) is 19.4. The second-order valence-corrected chi connectivity index (χ2v) is 5.72. The Morgan fingerprint density at radius 2 is 1.67 bits per heavy atom. The number of anilines is 1. The van der Waals surface area contributed by atoms with E-state index in [1.165, 1.54) is 6.92 Å². The molecule has 2 atom stereocenters. The number of rotatable bonds is 7. The molecular weight excluding hydrogens is 312 g/mol. The summed E-state index contributed by atoms with van der Waals surface area (Å²) in [5.74, 6) is -1.26. The van der Waals surface area contributed by atoms with Gasteiger partial charge in [-0.15, -0.1) is 0 Å². The van der Waals surface area contributed by atoms with Crippen LogP contribution < -0.4 is 22.1 Å². The highest BCUT2D eigenvalue weighted by molar-refractivity contribution is 5.97. The molecule has 1 rings (SSSR count). The van der Waals surface area contributed by atoms with Crippen molar-refractivity contribution in [2.75, 3.05) is 5.32 Å². The fourth-order valence-corrected chi connectivity index (χ4v) is 1.95. The fourth-order valence-electron chi connectivity index (χ4n) is 1.95. The van der Waals surface area contributed by atoms with Crippen molar-refractivity contribution in [3.8, 4) is 0 Å². The van der Waals surface area contributed by atoms with Gasteiger partial charge in [0.15, 0.2) is 6.10 Å². The Morgan fingerprint density at radius 1 is 1.08 bits per heavy atom. The van der Waals surface area contributed by atoms with Gasteiger partial charge in [-0.25, -0.2) is 4.79 Å². The van der Waals surface area contributed by atoms with E-state index in [0.29, 0.717) is 12.2 Å². The van der Waals surface area contributed by atoms with Crippen LogP contribution in [-0.4, -0.2) is 30.1 Å². The summed E-state index contributed by atoms with van der Waals surface area (Å²) < 4.78 is 4.78. The second kappa shape index (κ2) is 8.88. The minimum atomic E-state index is -1.05. The molecule has 24 heavy (non-hydrogen) atoms. The van der Waals surface area contributed by atoms with Gasteiger partial charge in [0, 0.05) is 12.2 Å². The number of benzene rings is 1. The molecule has 0 aromatic heterocycles. The Bertz CT molecular complexity index is 586. The summed E-state index contributed by atoms with van der Waals surface area (Å²) in [4.78, 5) is 35.1. The van der Waals surface area contributed by atoms with E-state index in [0.717, 1.165) is 5.56 Å². The summed E-state index contributed by atoms with van der Waals surface area (Å²) in [7, 11) is 0. The van der Waals surface area contributed by atoms with Crippen LogP contribution in [0.2, 0.25) is 0 Å². The number of nitrogens with one attached hydrogen (secondary N) is 2. The van der Waals surface area contributed by atoms with Gasteiger partial charge in [-0.05, 0) is 30.5 Å². The summed E-state index contributed by atoms with van der Waals surface area (Å²) in [6.45, 7) is 5.36. The first-order valence-electron chi connectivity index (χ1n) is 7.61. The summed E-state index contributed by atoms with van der Waals surface area (Å²) in [6.07, 6.45) is -2.09. The highest BCUT2D eigenvalue weighted by Gasteiger charge is 2.28. The van der Waals surface area contributed by atoms with Crippen molar-refractivity contribution in [2.24, 2.45) is 17.4 Å². The third-order valence-corrected chi connectivity index (χ3v) is 3.32. The van der Waals surface area contributed by atoms with Gasteiger partial charge in [-0.1, -0.05) is 26.0 Å². The van der Waals surface area contributed by atoms with Crippen molar-refractivity contribution in [3.63, 3.8) is 0 Å². The van der Waals surface area contributed by atoms with Gasteiger partial charge in [0.1, 0.15) is 6.04 Å². The van der Waals surface area contributed by atoms with Crippen molar-refractivity contribution in [1.29, 1.82) is 0 Å². The average molecular weight is 336 g/mol. The molecule has 0 aliphatic heterocycles. The first-order chi connectivity index (χ1) is 11.2. The van der Waals surface area contributed by atoms with E-state index >= 15 is 0 Å². The van der Waals surface area contributed by atoms with Gasteiger partial charge in [0.25, 0.3) is 5.91 Å². The third-order valence-electron chi connectivity index (χ3n) is 3.32. The molecule has 0 fully saturated rings. The summed E-state index contributed by atoms with van der Waals surface area (Å²) >= 11 is 0. The second-order valence-electron chi connectivity index (χ2n) is 5.72. The van der Waals surface area contributed by atoms with Gasteiger partial charge in [0.2, 0.25) is 5.91 Å². The molecule has 1 aromatic rings. The van der Waals surface area contributed by atoms with Crippen LogP contribution in [0.5, 0.6) is 0 Å². The van der Waals surface area contributed by atoms with Gasteiger partial charge in [-0.3, -0.25) is 9.59 Å². The maximum Gasteiger partial charge on any atom is 0.405 e. The van der Waals surface area contributed by atoms with Gasteiger partial charge in [-0.2, -0.15) is 0 Å². The van der Waals surface area contributed by atoms with Crippen LogP contribution in [0.25, 0.3) is 0 Å². The minimum absolute atomic E-state index is 0.281. The number of hydrogen-bond acceptors (Lipinski definition) is 5. The lowest BCUT2D eigenvalue weighted by molar-refractivity contribution is -0.134. The molecule has 0 saturated heterocycles. The SMILES string of the molecule is CC(NC(=O)C(OC(N)=O)C(C)C)C(=O)Nc1ccc(CN)cc1. The van der Waals surface area contributed by atoms with Crippen LogP contribution in [0, 0.1) is 5.92 Å². The number of primary amides is 1. The fraction of sp³-hybridized carbons (Fsp3) is 0.438. The zero-order valence-electron chi connectivity index (χ0n) is 14.0. The predicted molar refractivity (Wildman–Crippen MR) is 89.9 cm³/mol. The van der Waals surface area contributed by atoms with Crippen LogP contribution >= 0.6 is 0 Å². The zero-order chi connectivity index (χ0) is 18.3. The number of amides is 3. The molecule has 0 radical (unpaired) electrons. The average Bonchev–Trinajstić information content (AvgIpc) is 2.52. The maximum atomic E-state index is 12.1. The summed E-state index contributed by atoms with van der Waals surface area (Å²) in [5.41, 5.74) is 12.0. The summed E-state index contributed by atoms with van der Waals surface area (Å²) in [5, 5.41) is 5.19. The molecule has 2 unspecified atom stereocenters. The van der Waals surface area contributed by atoms with Crippen LogP contribution in [0.3, 0.4) is 0 Å². The Hall–Kier alpha value is -2.61. The van der Waals surface area contributed by atoms with Gasteiger partial charge in [0.05, 0.1) is 0 Å². The molecule has 0 saturated carbocycles. The molecule has 3 amide bonds. The quantitative estimate of drug-likeness (QED) is 0.581. The van der Waals surface area contributed by atoms with Crippen LogP contribution in [0.4, 0.5) is 10.5 Å². The third kappa shape index (κ3) is 5.88. The van der Waals surface area contributed by atoms with Crippen LogP contribution in [0.15, 0.2) is 24.3 Å². The molecule has 0 heterocycles. The first-order valence-corrected chi connectivity index (χ1v) is 7.61. The van der Waals surface area contributed by atoms with Crippen molar-refractivity contribution < 1.29 is 19.1 Å². The van der Waals surface area contributed by atoms with E-state index in [2.05, 4.69) is 10.6 Å². The standard InChI is InChI=1S/C16H24N4O4/c1-9(2)13(24-16(18)23)15(22)19-10(3)14(21)20-12-6-4-11(8-17)5-7-12/h4-7,9-10,13H,8,17H2,1-3H3,(H2,18,23)(H,19,22)(H,20,21). The normalized spacial score (nSPS) is 13.0. The molecule has 8 nitrogen and oxygen atoms in total. The van der Waals surface area contributed by atoms with E-state index in [9.17, 15) is 14.4 Å². The highest BCUT2D eigenvalue weighted by Crippen LogP contribution is 2.10. The molecule has 0 spiro atoms. The topological polar surface area (TPSA) is 137 Å². The number of ether oxygens (including phenoxy) is 1. The maximum absolute atomic E-state index is 12.1. The molecule has 6 N–H and O–H groups in total. The molecule has 0 aliphatic rings. The van der Waals surface area contributed by atoms with Crippen molar-refractivity contribution in [2.45, 2.75) is 39.5 Å². The summed E-state index contributed by atoms with van der Waals surface area (Å²) in [6, 6.07) is 6.23. The van der Waals surface area contributed by atoms with Crippen LogP contribution in [0.1, 0.15) is 26.3 Å². The Kier molecular flexibility index (Phi) is 7.19. The van der Waals surface area contributed by atoms with Crippen molar-refractivity contribution >= 4 is 23.6 Å². The van der Waals surface area contributed by atoms with E-state index in [1.807, 2.05) is 0 Å². The Labute approximate surface area is 140 Å². The molecule has 1 aromatic carbocycles. The molecular formula is C16H24N4O4. The molecule has 8 heteroatoms. The lowest BCUT2D eigenvalue weighted by Gasteiger charge is -2.22. The van der Waals surface area contributed by atoms with Crippen molar-refractivity contribution in [3.05, 3.63) is 29.8 Å². The van der Waals surface area contributed by atoms with E-state index in [4.69, 9.17) is 16.2 Å². The molecule has 0 bridgehead atoms. The number of nitrogens with two attached hydrogens (primary N) is 2. The number of carbonyl (C=O) groups excluding carboxylic acids is 3. The van der Waals surface area contributed by atoms with Gasteiger partial charge >= 0.3 is 6.09 Å². The Balaban J connectivity index is 2.64. The number of hydrogen-bond donors (Lipinski definition) is 4. The molecule has 132 valence electrons. The number of carbonyl (C=O) groups is 3. The smallest absolute Gasteiger partial charge is 0.405 e. The highest BCUT2D eigenvalue weighted by atomic mass is 16.6. The van der Waals surface area contributed by atoms with Crippen LogP contribution in [-0.2, 0) is 20.9 Å². The van der Waals surface area contributed by atoms with E-state index < -0.39 is 30.1 Å². The zero-order valence-corrected chi connectivity index (χ0v) is 14.0. The lowest BCUT2D eigenvalue weighted by atomic mass is 10.1. The largest absolute Gasteiger partial charge is 0.436 e. The minimum Gasteiger partial charge on any atom is -0.436 e. The van der Waals surface area contributed by atoms with E-state index in [-0.39, 0.29) is 5.92 Å². The monoisotopic (exact) mass is 336 g/mol. The Morgan fingerprint density at radius 3 is 2.12 bits per heavy atom. The predicted octanol–water partition coefficient (Wildman–Crippen LogP) is 0.708. The lowest BCUT2D eigenvalue weighted by Crippen LogP contribution is -2.49. The van der Waals surface area contributed by atoms with Gasteiger partial charge < -0.3 is 26.8 Å². The van der Waals surface area contributed by atoms with Crippen molar-refractivity contribution in [1.82, 2.24) is 5.32 Å². The molecule has 0 aliphatic carbocycles. The van der Waals surface area contributed by atoms with E-state index in [1.54, 1.807) is 38.1 Å².